The molecular formula is C13H19N3O2. The van der Waals surface area contributed by atoms with Gasteiger partial charge in [-0.15, -0.1) is 6.58 Å². The highest BCUT2D eigenvalue weighted by atomic mass is 16.5. The maximum absolute atomic E-state index is 5.65. The third-order valence-corrected chi connectivity index (χ3v) is 2.84. The number of aromatic nitrogens is 2. The van der Waals surface area contributed by atoms with Crippen molar-refractivity contribution in [3.63, 3.8) is 0 Å². The fraction of sp³-hybridized carbons (Fsp3) is 0.538. The average molecular weight is 249 g/mol. The van der Waals surface area contributed by atoms with E-state index in [4.69, 9.17) is 9.47 Å². The van der Waals surface area contributed by atoms with Gasteiger partial charge in [0.15, 0.2) is 0 Å². The second-order valence-electron chi connectivity index (χ2n) is 4.13. The molecular weight excluding hydrogens is 230 g/mol. The lowest BCUT2D eigenvalue weighted by Gasteiger charge is -2.17. The Morgan fingerprint density at radius 3 is 3.22 bits per heavy atom. The molecule has 1 aliphatic heterocycles. The van der Waals surface area contributed by atoms with Gasteiger partial charge in [0, 0.05) is 19.2 Å². The Bertz CT molecular complexity index is 398. The molecule has 0 saturated carbocycles. The molecule has 1 saturated heterocycles. The number of ether oxygens (including phenoxy) is 2. The van der Waals surface area contributed by atoms with Crippen LogP contribution in [0.15, 0.2) is 25.0 Å². The minimum atomic E-state index is 0.258. The van der Waals surface area contributed by atoms with Gasteiger partial charge >= 0.3 is 0 Å². The molecule has 5 nitrogen and oxygen atoms in total. The normalized spacial score (nSPS) is 18.9. The van der Waals surface area contributed by atoms with Crippen LogP contribution in [-0.4, -0.2) is 42.4 Å². The summed E-state index contributed by atoms with van der Waals surface area (Å²) in [6, 6.07) is 1.87. The first-order valence-electron chi connectivity index (χ1n) is 6.25. The van der Waals surface area contributed by atoms with Gasteiger partial charge in [-0.05, 0) is 13.3 Å². The molecule has 1 aliphatic rings. The van der Waals surface area contributed by atoms with Gasteiger partial charge in [-0.2, -0.15) is 0 Å². The van der Waals surface area contributed by atoms with Crippen LogP contribution in [0.4, 0.5) is 5.82 Å². The summed E-state index contributed by atoms with van der Waals surface area (Å²) in [6.07, 6.45) is 4.59. The molecule has 98 valence electrons. The smallest absolute Gasteiger partial charge is 0.218 e. The van der Waals surface area contributed by atoms with E-state index in [1.54, 1.807) is 6.08 Å². The van der Waals surface area contributed by atoms with Crippen LogP contribution in [0, 0.1) is 0 Å². The summed E-state index contributed by atoms with van der Waals surface area (Å²) in [6.45, 7) is 8.62. The molecule has 2 heterocycles. The topological polar surface area (TPSA) is 47.5 Å². The number of rotatable bonds is 6. The monoisotopic (exact) mass is 249 g/mol. The quantitative estimate of drug-likeness (QED) is 0.717. The van der Waals surface area contributed by atoms with Crippen LogP contribution in [0.1, 0.15) is 13.3 Å². The summed E-state index contributed by atoms with van der Waals surface area (Å²) in [7, 11) is 0. The minimum absolute atomic E-state index is 0.258. The van der Waals surface area contributed by atoms with Crippen LogP contribution in [0.25, 0.3) is 0 Å². The van der Waals surface area contributed by atoms with Crippen molar-refractivity contribution in [3.05, 3.63) is 25.0 Å². The van der Waals surface area contributed by atoms with E-state index in [1.807, 2.05) is 13.0 Å². The van der Waals surface area contributed by atoms with Crippen molar-refractivity contribution in [2.24, 2.45) is 0 Å². The maximum Gasteiger partial charge on any atom is 0.218 e. The molecule has 18 heavy (non-hydrogen) atoms. The Hall–Kier alpha value is -1.62. The largest absolute Gasteiger partial charge is 0.478 e. The average Bonchev–Trinajstić information content (AvgIpc) is 2.86. The van der Waals surface area contributed by atoms with Crippen molar-refractivity contribution in [1.82, 2.24) is 9.97 Å². The molecule has 0 N–H and O–H groups in total. The maximum atomic E-state index is 5.65. The summed E-state index contributed by atoms with van der Waals surface area (Å²) < 4.78 is 11.0. The van der Waals surface area contributed by atoms with Gasteiger partial charge in [0.2, 0.25) is 5.88 Å². The van der Waals surface area contributed by atoms with Gasteiger partial charge in [-0.25, -0.2) is 9.97 Å². The Kier molecular flexibility index (Phi) is 4.52. The first-order chi connectivity index (χ1) is 8.83. The number of hydrogen-bond acceptors (Lipinski definition) is 5. The Morgan fingerprint density at radius 1 is 1.56 bits per heavy atom. The fourth-order valence-corrected chi connectivity index (χ4v) is 2.01. The molecule has 5 heteroatoms. The van der Waals surface area contributed by atoms with Crippen LogP contribution in [0.5, 0.6) is 5.88 Å². The molecule has 0 amide bonds. The summed E-state index contributed by atoms with van der Waals surface area (Å²) in [5.41, 5.74) is 0. The molecule has 1 aromatic heterocycles. The Labute approximate surface area is 107 Å². The third-order valence-electron chi connectivity index (χ3n) is 2.84. The van der Waals surface area contributed by atoms with Crippen LogP contribution >= 0.6 is 0 Å². The lowest BCUT2D eigenvalue weighted by Crippen LogP contribution is -2.23. The molecule has 0 spiro atoms. The van der Waals surface area contributed by atoms with E-state index >= 15 is 0 Å². The first-order valence-corrected chi connectivity index (χ1v) is 6.25. The molecule has 0 aromatic carbocycles. The first kappa shape index (κ1) is 12.8. The highest BCUT2D eigenvalue weighted by molar-refractivity contribution is 5.42. The van der Waals surface area contributed by atoms with Crippen LogP contribution in [0.2, 0.25) is 0 Å². The number of nitrogens with zero attached hydrogens (tertiary/aromatic N) is 3. The second kappa shape index (κ2) is 6.35. The van der Waals surface area contributed by atoms with E-state index in [9.17, 15) is 0 Å². The van der Waals surface area contributed by atoms with Crippen molar-refractivity contribution in [3.8, 4) is 5.88 Å². The summed E-state index contributed by atoms with van der Waals surface area (Å²) in [5, 5.41) is 0. The minimum Gasteiger partial charge on any atom is -0.478 e. The summed E-state index contributed by atoms with van der Waals surface area (Å²) in [5.74, 6) is 1.52. The van der Waals surface area contributed by atoms with E-state index in [0.717, 1.165) is 25.3 Å². The van der Waals surface area contributed by atoms with Gasteiger partial charge in [-0.3, -0.25) is 0 Å². The molecule has 0 aliphatic carbocycles. The summed E-state index contributed by atoms with van der Waals surface area (Å²) >= 11 is 0. The molecule has 0 unspecified atom stereocenters. The zero-order chi connectivity index (χ0) is 12.8. The van der Waals surface area contributed by atoms with Gasteiger partial charge in [0.1, 0.15) is 12.1 Å². The number of hydrogen-bond donors (Lipinski definition) is 0. The zero-order valence-corrected chi connectivity index (χ0v) is 10.7. The summed E-state index contributed by atoms with van der Waals surface area (Å²) in [4.78, 5) is 10.5. The Balaban J connectivity index is 1.95. The Morgan fingerprint density at radius 2 is 2.44 bits per heavy atom. The molecule has 1 aromatic rings. The SMILES string of the molecule is C=CCO[C@H]1CCN(c2cc(OCC)ncn2)C1. The van der Waals surface area contributed by atoms with Crippen molar-refractivity contribution >= 4 is 5.82 Å². The molecule has 1 fully saturated rings. The van der Waals surface area contributed by atoms with Crippen molar-refractivity contribution in [2.45, 2.75) is 19.4 Å². The van der Waals surface area contributed by atoms with E-state index in [2.05, 4.69) is 21.4 Å². The van der Waals surface area contributed by atoms with E-state index in [1.165, 1.54) is 6.33 Å². The van der Waals surface area contributed by atoms with Crippen LogP contribution in [0.3, 0.4) is 0 Å². The zero-order valence-electron chi connectivity index (χ0n) is 10.7. The van der Waals surface area contributed by atoms with E-state index in [0.29, 0.717) is 19.1 Å². The third kappa shape index (κ3) is 3.20. The second-order valence-corrected chi connectivity index (χ2v) is 4.13. The lowest BCUT2D eigenvalue weighted by molar-refractivity contribution is 0.0909. The van der Waals surface area contributed by atoms with Gasteiger partial charge in [0.05, 0.1) is 19.3 Å². The van der Waals surface area contributed by atoms with Gasteiger partial charge < -0.3 is 14.4 Å². The van der Waals surface area contributed by atoms with Crippen LogP contribution < -0.4 is 9.64 Å². The number of anilines is 1. The van der Waals surface area contributed by atoms with Crippen molar-refractivity contribution < 1.29 is 9.47 Å². The van der Waals surface area contributed by atoms with Crippen molar-refractivity contribution in [1.29, 1.82) is 0 Å². The van der Waals surface area contributed by atoms with Gasteiger partial charge in [-0.1, -0.05) is 6.08 Å². The molecule has 0 radical (unpaired) electrons. The van der Waals surface area contributed by atoms with E-state index < -0.39 is 0 Å². The predicted octanol–water partition coefficient (Wildman–Crippen LogP) is 1.66. The molecule has 1 atom stereocenters. The lowest BCUT2D eigenvalue weighted by atomic mass is 10.3. The predicted molar refractivity (Wildman–Crippen MR) is 70.0 cm³/mol. The van der Waals surface area contributed by atoms with E-state index in [-0.39, 0.29) is 6.10 Å². The van der Waals surface area contributed by atoms with Gasteiger partial charge in [0.25, 0.3) is 0 Å². The molecule has 0 bridgehead atoms. The van der Waals surface area contributed by atoms with Crippen LogP contribution in [-0.2, 0) is 4.74 Å². The standard InChI is InChI=1S/C13H19N3O2/c1-3-7-18-11-5-6-16(9-11)12-8-13(17-4-2)15-10-14-12/h3,8,10-11H,1,4-7,9H2,2H3/t11-/m0/s1. The highest BCUT2D eigenvalue weighted by Crippen LogP contribution is 2.21. The van der Waals surface area contributed by atoms with Crippen molar-refractivity contribution in [2.75, 3.05) is 31.2 Å². The fourth-order valence-electron chi connectivity index (χ4n) is 2.01. The molecule has 2 rings (SSSR count). The highest BCUT2D eigenvalue weighted by Gasteiger charge is 2.24.